The fourth-order valence-electron chi connectivity index (χ4n) is 3.16. The normalized spacial score (nSPS) is 16.2. The van der Waals surface area contributed by atoms with Gasteiger partial charge in [0.2, 0.25) is 5.91 Å². The Morgan fingerprint density at radius 3 is 2.69 bits per heavy atom. The lowest BCUT2D eigenvalue weighted by Crippen LogP contribution is -2.46. The van der Waals surface area contributed by atoms with Crippen LogP contribution in [-0.2, 0) is 16.0 Å². The van der Waals surface area contributed by atoms with Crippen LogP contribution in [0.2, 0.25) is 0 Å². The standard InChI is InChI=1S/C20H25N3O3/c24-18-7-5-16(6-8-18)3-1-10-22-20(25)19(17-4-2-9-21-15-17)23-11-13-26-14-12-23/h2,4-9,15,19,24H,1,3,10-14H2,(H,22,25)/t19-/m1/s1. The number of morpholine rings is 1. The van der Waals surface area contributed by atoms with Crippen molar-refractivity contribution < 1.29 is 14.6 Å². The van der Waals surface area contributed by atoms with Gasteiger partial charge in [0, 0.05) is 32.0 Å². The number of rotatable bonds is 7. The van der Waals surface area contributed by atoms with Gasteiger partial charge in [-0.05, 0) is 42.2 Å². The molecule has 0 radical (unpaired) electrons. The van der Waals surface area contributed by atoms with Crippen molar-refractivity contribution in [3.05, 3.63) is 59.9 Å². The second-order valence-corrected chi connectivity index (χ2v) is 6.40. The molecule has 0 unspecified atom stereocenters. The fraction of sp³-hybridized carbons (Fsp3) is 0.400. The van der Waals surface area contributed by atoms with Crippen molar-refractivity contribution in [1.29, 1.82) is 0 Å². The Bertz CT molecular complexity index is 685. The van der Waals surface area contributed by atoms with Crippen LogP contribution in [0.25, 0.3) is 0 Å². The number of phenolic OH excluding ortho intramolecular Hbond substituents is 1. The van der Waals surface area contributed by atoms with E-state index in [1.54, 1.807) is 24.5 Å². The molecule has 1 atom stereocenters. The average molecular weight is 355 g/mol. The molecule has 138 valence electrons. The number of carbonyl (C=O) groups is 1. The smallest absolute Gasteiger partial charge is 0.242 e. The van der Waals surface area contributed by atoms with Gasteiger partial charge in [-0.2, -0.15) is 0 Å². The number of aryl methyl sites for hydroxylation is 1. The number of nitrogens with zero attached hydrogens (tertiary/aromatic N) is 2. The minimum Gasteiger partial charge on any atom is -0.508 e. The predicted octanol–water partition coefficient (Wildman–Crippen LogP) is 1.91. The average Bonchev–Trinajstić information content (AvgIpc) is 2.68. The van der Waals surface area contributed by atoms with Crippen LogP contribution in [0.4, 0.5) is 0 Å². The van der Waals surface area contributed by atoms with E-state index in [0.717, 1.165) is 37.1 Å². The van der Waals surface area contributed by atoms with Crippen molar-refractivity contribution in [3.63, 3.8) is 0 Å². The van der Waals surface area contributed by atoms with Crippen molar-refractivity contribution in [1.82, 2.24) is 15.2 Å². The van der Waals surface area contributed by atoms with Crippen LogP contribution >= 0.6 is 0 Å². The van der Waals surface area contributed by atoms with Gasteiger partial charge in [-0.3, -0.25) is 14.7 Å². The molecule has 6 nitrogen and oxygen atoms in total. The van der Waals surface area contributed by atoms with Crippen LogP contribution in [-0.4, -0.2) is 53.7 Å². The number of carbonyl (C=O) groups excluding carboxylic acids is 1. The largest absolute Gasteiger partial charge is 0.508 e. The number of hydrogen-bond donors (Lipinski definition) is 2. The molecular weight excluding hydrogens is 330 g/mol. The van der Waals surface area contributed by atoms with E-state index < -0.39 is 0 Å². The SMILES string of the molecule is O=C(NCCCc1ccc(O)cc1)[C@@H](c1cccnc1)N1CCOCC1. The summed E-state index contributed by atoms with van der Waals surface area (Å²) in [6.45, 7) is 3.37. The number of benzene rings is 1. The second-order valence-electron chi connectivity index (χ2n) is 6.40. The highest BCUT2D eigenvalue weighted by molar-refractivity contribution is 5.83. The third-order valence-electron chi connectivity index (χ3n) is 4.54. The van der Waals surface area contributed by atoms with Crippen LogP contribution in [0.5, 0.6) is 5.75 Å². The van der Waals surface area contributed by atoms with E-state index in [2.05, 4.69) is 15.2 Å². The molecule has 0 bridgehead atoms. The Labute approximate surface area is 153 Å². The van der Waals surface area contributed by atoms with Gasteiger partial charge in [-0.1, -0.05) is 18.2 Å². The van der Waals surface area contributed by atoms with Gasteiger partial charge in [-0.25, -0.2) is 0 Å². The number of aromatic hydroxyl groups is 1. The van der Waals surface area contributed by atoms with Gasteiger partial charge < -0.3 is 15.2 Å². The van der Waals surface area contributed by atoms with Gasteiger partial charge in [0.1, 0.15) is 11.8 Å². The predicted molar refractivity (Wildman–Crippen MR) is 98.8 cm³/mol. The molecule has 0 spiro atoms. The van der Waals surface area contributed by atoms with E-state index in [1.165, 1.54) is 0 Å². The van der Waals surface area contributed by atoms with Gasteiger partial charge in [0.05, 0.1) is 13.2 Å². The molecule has 1 saturated heterocycles. The van der Waals surface area contributed by atoms with Crippen molar-refractivity contribution in [2.24, 2.45) is 0 Å². The number of phenols is 1. The number of aromatic nitrogens is 1. The third-order valence-corrected chi connectivity index (χ3v) is 4.54. The summed E-state index contributed by atoms with van der Waals surface area (Å²) in [5.74, 6) is 0.275. The molecule has 3 rings (SSSR count). The lowest BCUT2D eigenvalue weighted by atomic mass is 10.1. The fourth-order valence-corrected chi connectivity index (χ4v) is 3.16. The van der Waals surface area contributed by atoms with Crippen LogP contribution in [0, 0.1) is 0 Å². The Balaban J connectivity index is 1.56. The third kappa shape index (κ3) is 5.03. The zero-order valence-electron chi connectivity index (χ0n) is 14.8. The molecule has 1 fully saturated rings. The van der Waals surface area contributed by atoms with Gasteiger partial charge in [-0.15, -0.1) is 0 Å². The highest BCUT2D eigenvalue weighted by Gasteiger charge is 2.28. The lowest BCUT2D eigenvalue weighted by molar-refractivity contribution is -0.128. The van der Waals surface area contributed by atoms with E-state index in [4.69, 9.17) is 4.74 Å². The summed E-state index contributed by atoms with van der Waals surface area (Å²) < 4.78 is 5.41. The molecular formula is C20H25N3O3. The highest BCUT2D eigenvalue weighted by atomic mass is 16.5. The number of nitrogens with one attached hydrogen (secondary N) is 1. The first-order chi connectivity index (χ1) is 12.7. The minimum absolute atomic E-state index is 0.00519. The summed E-state index contributed by atoms with van der Waals surface area (Å²) in [7, 11) is 0. The maximum Gasteiger partial charge on any atom is 0.242 e. The maximum absolute atomic E-state index is 12.8. The minimum atomic E-state index is -0.332. The first kappa shape index (κ1) is 18.4. The summed E-state index contributed by atoms with van der Waals surface area (Å²) in [5.41, 5.74) is 2.06. The van der Waals surface area contributed by atoms with Gasteiger partial charge >= 0.3 is 0 Å². The molecule has 0 aliphatic carbocycles. The summed E-state index contributed by atoms with van der Waals surface area (Å²) >= 11 is 0. The Kier molecular flexibility index (Phi) is 6.57. The molecule has 1 aliphatic rings. The second kappa shape index (κ2) is 9.31. The summed E-state index contributed by atoms with van der Waals surface area (Å²) in [6.07, 6.45) is 5.18. The van der Waals surface area contributed by atoms with Gasteiger partial charge in [0.15, 0.2) is 0 Å². The number of amides is 1. The van der Waals surface area contributed by atoms with E-state index in [1.807, 2.05) is 24.3 Å². The molecule has 1 aliphatic heterocycles. The Morgan fingerprint density at radius 1 is 1.23 bits per heavy atom. The van der Waals surface area contributed by atoms with Crippen molar-refractivity contribution in [3.8, 4) is 5.75 Å². The first-order valence-corrected chi connectivity index (χ1v) is 9.01. The van der Waals surface area contributed by atoms with E-state index in [-0.39, 0.29) is 17.7 Å². The molecule has 26 heavy (non-hydrogen) atoms. The maximum atomic E-state index is 12.8. The Morgan fingerprint density at radius 2 is 2.00 bits per heavy atom. The molecule has 1 amide bonds. The van der Waals surface area contributed by atoms with Crippen LogP contribution in [0.3, 0.4) is 0 Å². The van der Waals surface area contributed by atoms with E-state index >= 15 is 0 Å². The molecule has 2 heterocycles. The van der Waals surface area contributed by atoms with Crippen molar-refractivity contribution in [2.45, 2.75) is 18.9 Å². The van der Waals surface area contributed by atoms with Crippen LogP contribution in [0.1, 0.15) is 23.6 Å². The first-order valence-electron chi connectivity index (χ1n) is 9.01. The quantitative estimate of drug-likeness (QED) is 0.742. The van der Waals surface area contributed by atoms with Gasteiger partial charge in [0.25, 0.3) is 0 Å². The summed E-state index contributed by atoms with van der Waals surface area (Å²) in [6, 6.07) is 10.7. The molecule has 2 N–H and O–H groups in total. The lowest BCUT2D eigenvalue weighted by Gasteiger charge is -2.33. The molecule has 2 aromatic rings. The topological polar surface area (TPSA) is 74.7 Å². The molecule has 0 saturated carbocycles. The monoisotopic (exact) mass is 355 g/mol. The van der Waals surface area contributed by atoms with E-state index in [9.17, 15) is 9.90 Å². The molecule has 1 aromatic heterocycles. The molecule has 6 heteroatoms. The number of hydrogen-bond acceptors (Lipinski definition) is 5. The molecule has 1 aromatic carbocycles. The summed E-state index contributed by atoms with van der Waals surface area (Å²) in [4.78, 5) is 19.2. The zero-order chi connectivity index (χ0) is 18.2. The van der Waals surface area contributed by atoms with Crippen LogP contribution < -0.4 is 5.32 Å². The number of pyridine rings is 1. The number of ether oxygens (including phenoxy) is 1. The summed E-state index contributed by atoms with van der Waals surface area (Å²) in [5, 5.41) is 12.4. The van der Waals surface area contributed by atoms with Crippen molar-refractivity contribution >= 4 is 5.91 Å². The van der Waals surface area contributed by atoms with E-state index in [0.29, 0.717) is 19.8 Å². The van der Waals surface area contributed by atoms with Crippen LogP contribution in [0.15, 0.2) is 48.8 Å². The zero-order valence-corrected chi connectivity index (χ0v) is 14.8. The van der Waals surface area contributed by atoms with Crippen molar-refractivity contribution in [2.75, 3.05) is 32.8 Å². The highest BCUT2D eigenvalue weighted by Crippen LogP contribution is 2.21. The Hall–Kier alpha value is -2.44.